The molecule has 0 aliphatic heterocycles. The SMILES string of the molecule is CC(C)C(=O)N(C)CCN(C)C. The molecule has 12 heavy (non-hydrogen) atoms. The lowest BCUT2D eigenvalue weighted by atomic mass is 10.2. The summed E-state index contributed by atoms with van der Waals surface area (Å²) in [5.41, 5.74) is 0. The Morgan fingerprint density at radius 3 is 2.00 bits per heavy atom. The Balaban J connectivity index is 3.72. The van der Waals surface area contributed by atoms with E-state index in [1.165, 1.54) is 0 Å². The van der Waals surface area contributed by atoms with Gasteiger partial charge < -0.3 is 9.80 Å². The van der Waals surface area contributed by atoms with Crippen LogP contribution in [0.15, 0.2) is 0 Å². The van der Waals surface area contributed by atoms with Gasteiger partial charge >= 0.3 is 0 Å². The van der Waals surface area contributed by atoms with Crippen molar-refractivity contribution in [1.82, 2.24) is 9.80 Å². The first kappa shape index (κ1) is 11.4. The lowest BCUT2D eigenvalue weighted by Crippen LogP contribution is -2.35. The molecule has 0 spiro atoms. The van der Waals surface area contributed by atoms with Gasteiger partial charge in [0.15, 0.2) is 0 Å². The van der Waals surface area contributed by atoms with E-state index < -0.39 is 0 Å². The molecule has 0 bridgehead atoms. The highest BCUT2D eigenvalue weighted by atomic mass is 16.2. The topological polar surface area (TPSA) is 23.6 Å². The highest BCUT2D eigenvalue weighted by Gasteiger charge is 2.11. The number of amides is 1. The Hall–Kier alpha value is -0.570. The largest absolute Gasteiger partial charge is 0.344 e. The van der Waals surface area contributed by atoms with E-state index >= 15 is 0 Å². The molecule has 0 saturated heterocycles. The molecule has 0 atom stereocenters. The molecule has 0 aliphatic carbocycles. The second-order valence-corrected chi connectivity index (χ2v) is 3.72. The van der Waals surface area contributed by atoms with Gasteiger partial charge in [-0.2, -0.15) is 0 Å². The molecule has 72 valence electrons. The number of rotatable bonds is 4. The predicted molar refractivity (Wildman–Crippen MR) is 51.0 cm³/mol. The lowest BCUT2D eigenvalue weighted by molar-refractivity contribution is -0.133. The van der Waals surface area contributed by atoms with Crippen LogP contribution in [0.2, 0.25) is 0 Å². The van der Waals surface area contributed by atoms with Crippen LogP contribution < -0.4 is 0 Å². The molecular weight excluding hydrogens is 152 g/mol. The zero-order valence-electron chi connectivity index (χ0n) is 8.79. The van der Waals surface area contributed by atoms with Crippen LogP contribution in [-0.4, -0.2) is 49.9 Å². The van der Waals surface area contributed by atoms with Gasteiger partial charge in [-0.05, 0) is 14.1 Å². The van der Waals surface area contributed by atoms with Crippen molar-refractivity contribution in [3.8, 4) is 0 Å². The second kappa shape index (κ2) is 5.14. The van der Waals surface area contributed by atoms with Crippen molar-refractivity contribution in [2.45, 2.75) is 13.8 Å². The van der Waals surface area contributed by atoms with Gasteiger partial charge in [-0.15, -0.1) is 0 Å². The van der Waals surface area contributed by atoms with E-state index in [0.717, 1.165) is 13.1 Å². The molecule has 0 fully saturated rings. The summed E-state index contributed by atoms with van der Waals surface area (Å²) in [6, 6.07) is 0. The minimum Gasteiger partial charge on any atom is -0.344 e. The van der Waals surface area contributed by atoms with Crippen molar-refractivity contribution < 1.29 is 4.79 Å². The van der Waals surface area contributed by atoms with Gasteiger partial charge in [0.2, 0.25) is 5.91 Å². The first-order chi connectivity index (χ1) is 5.45. The maximum Gasteiger partial charge on any atom is 0.224 e. The molecule has 0 aromatic heterocycles. The summed E-state index contributed by atoms with van der Waals surface area (Å²) in [5.74, 6) is 0.328. The number of carbonyl (C=O) groups is 1. The normalized spacial score (nSPS) is 10.9. The van der Waals surface area contributed by atoms with Crippen LogP contribution in [0, 0.1) is 5.92 Å². The summed E-state index contributed by atoms with van der Waals surface area (Å²) in [4.78, 5) is 15.2. The molecule has 0 saturated carbocycles. The minimum atomic E-state index is 0.108. The van der Waals surface area contributed by atoms with Crippen LogP contribution in [0.25, 0.3) is 0 Å². The fraction of sp³-hybridized carbons (Fsp3) is 0.889. The maximum atomic E-state index is 11.4. The van der Waals surface area contributed by atoms with Gasteiger partial charge in [0.25, 0.3) is 0 Å². The van der Waals surface area contributed by atoms with Crippen molar-refractivity contribution >= 4 is 5.91 Å². The van der Waals surface area contributed by atoms with E-state index in [9.17, 15) is 4.79 Å². The number of hydrogen-bond donors (Lipinski definition) is 0. The zero-order chi connectivity index (χ0) is 9.72. The van der Waals surface area contributed by atoms with Crippen molar-refractivity contribution in [3.63, 3.8) is 0 Å². The van der Waals surface area contributed by atoms with Crippen LogP contribution in [0.5, 0.6) is 0 Å². The maximum absolute atomic E-state index is 11.4. The Morgan fingerprint density at radius 2 is 1.67 bits per heavy atom. The van der Waals surface area contributed by atoms with E-state index in [4.69, 9.17) is 0 Å². The molecule has 1 amide bonds. The van der Waals surface area contributed by atoms with Crippen molar-refractivity contribution in [1.29, 1.82) is 0 Å². The average molecular weight is 172 g/mol. The molecule has 0 aromatic carbocycles. The molecule has 0 N–H and O–H groups in total. The van der Waals surface area contributed by atoms with Crippen LogP contribution in [0.4, 0.5) is 0 Å². The van der Waals surface area contributed by atoms with Crippen molar-refractivity contribution in [2.24, 2.45) is 5.92 Å². The summed E-state index contributed by atoms with van der Waals surface area (Å²) >= 11 is 0. The number of likely N-dealkylation sites (N-methyl/N-ethyl adjacent to an activating group) is 2. The van der Waals surface area contributed by atoms with E-state index in [1.807, 2.05) is 35.0 Å². The smallest absolute Gasteiger partial charge is 0.224 e. The molecule has 0 rings (SSSR count). The Morgan fingerprint density at radius 1 is 1.17 bits per heavy atom. The van der Waals surface area contributed by atoms with Crippen LogP contribution >= 0.6 is 0 Å². The van der Waals surface area contributed by atoms with Gasteiger partial charge in [-0.3, -0.25) is 4.79 Å². The molecule has 0 unspecified atom stereocenters. The molecule has 3 nitrogen and oxygen atoms in total. The Kier molecular flexibility index (Phi) is 4.90. The van der Waals surface area contributed by atoms with Crippen molar-refractivity contribution in [2.75, 3.05) is 34.2 Å². The molecular formula is C9H20N2O. The van der Waals surface area contributed by atoms with E-state index in [-0.39, 0.29) is 11.8 Å². The Bertz CT molecular complexity index is 143. The van der Waals surface area contributed by atoms with E-state index in [0.29, 0.717) is 0 Å². The summed E-state index contributed by atoms with van der Waals surface area (Å²) in [6.45, 7) is 5.59. The highest BCUT2D eigenvalue weighted by molar-refractivity contribution is 5.77. The monoisotopic (exact) mass is 172 g/mol. The van der Waals surface area contributed by atoms with E-state index in [1.54, 1.807) is 4.90 Å². The average Bonchev–Trinajstić information content (AvgIpc) is 1.98. The third-order valence-electron chi connectivity index (χ3n) is 1.75. The lowest BCUT2D eigenvalue weighted by Gasteiger charge is -2.21. The molecule has 3 heteroatoms. The standard InChI is InChI=1S/C9H20N2O/c1-8(2)9(12)11(5)7-6-10(3)4/h8H,6-7H2,1-5H3. The highest BCUT2D eigenvalue weighted by Crippen LogP contribution is 1.98. The van der Waals surface area contributed by atoms with Crippen LogP contribution in [0.1, 0.15) is 13.8 Å². The fourth-order valence-electron chi connectivity index (χ4n) is 0.901. The van der Waals surface area contributed by atoms with Gasteiger partial charge in [0.1, 0.15) is 0 Å². The quantitative estimate of drug-likeness (QED) is 0.622. The zero-order valence-corrected chi connectivity index (χ0v) is 8.79. The molecule has 0 heterocycles. The number of carbonyl (C=O) groups excluding carboxylic acids is 1. The third kappa shape index (κ3) is 4.34. The summed E-state index contributed by atoms with van der Waals surface area (Å²) in [6.07, 6.45) is 0. The second-order valence-electron chi connectivity index (χ2n) is 3.72. The third-order valence-corrected chi connectivity index (χ3v) is 1.75. The van der Waals surface area contributed by atoms with Gasteiger partial charge in [-0.25, -0.2) is 0 Å². The van der Waals surface area contributed by atoms with Crippen LogP contribution in [0.3, 0.4) is 0 Å². The van der Waals surface area contributed by atoms with Gasteiger partial charge in [0, 0.05) is 26.1 Å². The molecule has 0 radical (unpaired) electrons. The first-order valence-corrected chi connectivity index (χ1v) is 4.35. The van der Waals surface area contributed by atoms with Crippen LogP contribution in [-0.2, 0) is 4.79 Å². The molecule has 0 aliphatic rings. The van der Waals surface area contributed by atoms with E-state index in [2.05, 4.69) is 4.90 Å². The summed E-state index contributed by atoms with van der Waals surface area (Å²) in [7, 11) is 5.87. The summed E-state index contributed by atoms with van der Waals surface area (Å²) < 4.78 is 0. The number of hydrogen-bond acceptors (Lipinski definition) is 2. The summed E-state index contributed by atoms with van der Waals surface area (Å²) in [5, 5.41) is 0. The number of nitrogens with zero attached hydrogens (tertiary/aromatic N) is 2. The van der Waals surface area contributed by atoms with Crippen molar-refractivity contribution in [3.05, 3.63) is 0 Å². The fourth-order valence-corrected chi connectivity index (χ4v) is 0.901. The first-order valence-electron chi connectivity index (χ1n) is 4.35. The van der Waals surface area contributed by atoms with Gasteiger partial charge in [0.05, 0.1) is 0 Å². The van der Waals surface area contributed by atoms with Gasteiger partial charge in [-0.1, -0.05) is 13.8 Å². The minimum absolute atomic E-state index is 0.108. The Labute approximate surface area is 75.3 Å². The molecule has 0 aromatic rings. The predicted octanol–water partition coefficient (Wildman–Crippen LogP) is 0.662.